The van der Waals surface area contributed by atoms with Gasteiger partial charge in [0, 0.05) is 30.9 Å². The molecule has 124 valence electrons. The maximum Gasteiger partial charge on any atom is 0.271 e. The van der Waals surface area contributed by atoms with Crippen LogP contribution >= 0.6 is 36.2 Å². The summed E-state index contributed by atoms with van der Waals surface area (Å²) in [6.07, 6.45) is 7.95. The van der Waals surface area contributed by atoms with Crippen LogP contribution in [0.15, 0.2) is 35.6 Å². The molecule has 1 aliphatic rings. The predicted octanol–water partition coefficient (Wildman–Crippen LogP) is 2.09. The van der Waals surface area contributed by atoms with Crippen molar-refractivity contribution in [3.63, 3.8) is 0 Å². The number of aromatic nitrogens is 3. The second-order valence-corrected chi connectivity index (χ2v) is 5.49. The van der Waals surface area contributed by atoms with E-state index in [9.17, 15) is 4.79 Å². The van der Waals surface area contributed by atoms with E-state index in [1.165, 1.54) is 16.9 Å². The van der Waals surface area contributed by atoms with Crippen molar-refractivity contribution in [2.45, 2.75) is 6.42 Å². The highest BCUT2D eigenvalue weighted by atomic mass is 35.5. The van der Waals surface area contributed by atoms with Crippen LogP contribution in [0.3, 0.4) is 0 Å². The van der Waals surface area contributed by atoms with Gasteiger partial charge < -0.3 is 10.6 Å². The van der Waals surface area contributed by atoms with Crippen molar-refractivity contribution in [1.29, 1.82) is 0 Å². The Bertz CT molecular complexity index is 662. The van der Waals surface area contributed by atoms with E-state index in [0.29, 0.717) is 22.9 Å². The first-order valence-electron chi connectivity index (χ1n) is 6.71. The van der Waals surface area contributed by atoms with E-state index in [2.05, 4.69) is 31.7 Å². The first-order chi connectivity index (χ1) is 10.3. The zero-order valence-electron chi connectivity index (χ0n) is 12.2. The van der Waals surface area contributed by atoms with E-state index in [1.807, 2.05) is 0 Å². The molecule has 0 spiro atoms. The summed E-state index contributed by atoms with van der Waals surface area (Å²) in [5.41, 5.74) is 2.37. The Morgan fingerprint density at radius 3 is 2.91 bits per heavy atom. The van der Waals surface area contributed by atoms with Gasteiger partial charge in [-0.05, 0) is 13.0 Å². The number of hydrogen-bond acceptors (Lipinski definition) is 6. The lowest BCUT2D eigenvalue weighted by molar-refractivity contribution is 0.0952. The van der Waals surface area contributed by atoms with E-state index in [1.54, 1.807) is 24.0 Å². The fourth-order valence-electron chi connectivity index (χ4n) is 2.02. The molecule has 0 aromatic carbocycles. The first kappa shape index (κ1) is 19.5. The van der Waals surface area contributed by atoms with Crippen molar-refractivity contribution in [1.82, 2.24) is 25.6 Å². The molecule has 0 bridgehead atoms. The van der Waals surface area contributed by atoms with Crippen molar-refractivity contribution in [3.8, 4) is 10.7 Å². The molecule has 0 radical (unpaired) electrons. The van der Waals surface area contributed by atoms with Gasteiger partial charge >= 0.3 is 0 Å². The zero-order chi connectivity index (χ0) is 14.5. The number of carbonyl (C=O) groups is 1. The van der Waals surface area contributed by atoms with Gasteiger partial charge in [-0.3, -0.25) is 14.8 Å². The molecule has 9 heteroatoms. The summed E-state index contributed by atoms with van der Waals surface area (Å²) in [5, 5.41) is 8.60. The number of carbonyl (C=O) groups excluding carboxylic acids is 1. The summed E-state index contributed by atoms with van der Waals surface area (Å²) in [6.45, 7) is 2.42. The molecular weight excluding hydrogens is 357 g/mol. The third kappa shape index (κ3) is 5.24. The minimum atomic E-state index is -0.152. The molecule has 0 atom stereocenters. The van der Waals surface area contributed by atoms with E-state index in [4.69, 9.17) is 0 Å². The third-order valence-electron chi connectivity index (χ3n) is 3.15. The predicted molar refractivity (Wildman–Crippen MR) is 95.5 cm³/mol. The summed E-state index contributed by atoms with van der Waals surface area (Å²) < 4.78 is 0. The highest BCUT2D eigenvalue weighted by Gasteiger charge is 2.13. The molecule has 3 rings (SSSR count). The third-order valence-corrected chi connectivity index (χ3v) is 4.02. The first-order valence-corrected chi connectivity index (χ1v) is 7.59. The molecule has 1 amide bonds. The molecular formula is C14H17Cl2N5OS. The van der Waals surface area contributed by atoms with Crippen molar-refractivity contribution < 1.29 is 4.79 Å². The molecule has 2 N–H and O–H groups in total. The van der Waals surface area contributed by atoms with Crippen LogP contribution in [0.2, 0.25) is 0 Å². The Labute approximate surface area is 150 Å². The number of halogens is 2. The van der Waals surface area contributed by atoms with Crippen LogP contribution in [0.5, 0.6) is 0 Å². The van der Waals surface area contributed by atoms with Crippen LogP contribution < -0.4 is 10.6 Å². The SMILES string of the molecule is Cl.Cl.O=C(NCC1=CCNCC1)c1csc(-c2cnccn2)n1. The van der Waals surface area contributed by atoms with Gasteiger partial charge in [-0.15, -0.1) is 36.2 Å². The fourth-order valence-corrected chi connectivity index (χ4v) is 2.78. The molecule has 23 heavy (non-hydrogen) atoms. The number of nitrogens with one attached hydrogen (secondary N) is 2. The molecule has 1 aliphatic heterocycles. The largest absolute Gasteiger partial charge is 0.347 e. The van der Waals surface area contributed by atoms with Crippen molar-refractivity contribution in [2.24, 2.45) is 0 Å². The molecule has 0 saturated carbocycles. The summed E-state index contributed by atoms with van der Waals surface area (Å²) in [5.74, 6) is -0.152. The second kappa shape index (κ2) is 9.57. The van der Waals surface area contributed by atoms with Gasteiger partial charge in [0.05, 0.1) is 6.20 Å². The van der Waals surface area contributed by atoms with Crippen LogP contribution in [0.1, 0.15) is 16.9 Å². The smallest absolute Gasteiger partial charge is 0.271 e. The summed E-state index contributed by atoms with van der Waals surface area (Å²) in [7, 11) is 0. The summed E-state index contributed by atoms with van der Waals surface area (Å²) in [6, 6.07) is 0. The lowest BCUT2D eigenvalue weighted by Gasteiger charge is -2.14. The highest BCUT2D eigenvalue weighted by Crippen LogP contribution is 2.20. The molecule has 0 fully saturated rings. The fraction of sp³-hybridized carbons (Fsp3) is 0.286. The lowest BCUT2D eigenvalue weighted by Crippen LogP contribution is -2.29. The van der Waals surface area contributed by atoms with Gasteiger partial charge in [-0.25, -0.2) is 4.98 Å². The Morgan fingerprint density at radius 1 is 1.35 bits per heavy atom. The quantitative estimate of drug-likeness (QED) is 0.802. The van der Waals surface area contributed by atoms with E-state index >= 15 is 0 Å². The molecule has 2 aromatic heterocycles. The van der Waals surface area contributed by atoms with E-state index in [0.717, 1.165) is 19.5 Å². The van der Waals surface area contributed by atoms with Crippen LogP contribution in [0.25, 0.3) is 10.7 Å². The molecule has 0 unspecified atom stereocenters. The Balaban J connectivity index is 0.00000132. The number of amides is 1. The lowest BCUT2D eigenvalue weighted by atomic mass is 10.1. The standard InChI is InChI=1S/C14H15N5OS.2ClH/c20-13(18-7-10-1-3-15-4-2-10)12-9-21-14(19-12)11-8-16-5-6-17-11;;/h1,5-6,8-9,15H,2-4,7H2,(H,18,20);2*1H. The van der Waals surface area contributed by atoms with Crippen LogP contribution in [0.4, 0.5) is 0 Å². The maximum atomic E-state index is 12.1. The maximum absolute atomic E-state index is 12.1. The Kier molecular flexibility index (Phi) is 8.11. The molecule has 2 aromatic rings. The number of hydrogen-bond donors (Lipinski definition) is 2. The van der Waals surface area contributed by atoms with Crippen LogP contribution in [0, 0.1) is 0 Å². The Hall–Kier alpha value is -1.54. The zero-order valence-corrected chi connectivity index (χ0v) is 14.6. The van der Waals surface area contributed by atoms with Gasteiger partial charge in [0.25, 0.3) is 5.91 Å². The molecule has 0 saturated heterocycles. The molecule has 0 aliphatic carbocycles. The summed E-state index contributed by atoms with van der Waals surface area (Å²) in [4.78, 5) is 24.6. The molecule has 3 heterocycles. The topological polar surface area (TPSA) is 79.8 Å². The van der Waals surface area contributed by atoms with Gasteiger partial charge in [-0.1, -0.05) is 11.6 Å². The van der Waals surface area contributed by atoms with Crippen molar-refractivity contribution in [2.75, 3.05) is 19.6 Å². The second-order valence-electron chi connectivity index (χ2n) is 4.63. The van der Waals surface area contributed by atoms with Gasteiger partial charge in [0.15, 0.2) is 0 Å². The Morgan fingerprint density at radius 2 is 2.22 bits per heavy atom. The molecule has 6 nitrogen and oxygen atoms in total. The monoisotopic (exact) mass is 373 g/mol. The minimum absolute atomic E-state index is 0. The number of thiazole rings is 1. The van der Waals surface area contributed by atoms with Gasteiger partial charge in [0.1, 0.15) is 16.4 Å². The average molecular weight is 374 g/mol. The number of nitrogens with zero attached hydrogens (tertiary/aromatic N) is 3. The van der Waals surface area contributed by atoms with Crippen LogP contribution in [-0.2, 0) is 0 Å². The van der Waals surface area contributed by atoms with Crippen molar-refractivity contribution in [3.05, 3.63) is 41.3 Å². The van der Waals surface area contributed by atoms with Crippen molar-refractivity contribution >= 4 is 42.1 Å². The number of rotatable bonds is 4. The van der Waals surface area contributed by atoms with Crippen LogP contribution in [-0.4, -0.2) is 40.5 Å². The average Bonchev–Trinajstić information content (AvgIpc) is 3.04. The van der Waals surface area contributed by atoms with E-state index < -0.39 is 0 Å². The van der Waals surface area contributed by atoms with Gasteiger partial charge in [-0.2, -0.15) is 0 Å². The van der Waals surface area contributed by atoms with E-state index in [-0.39, 0.29) is 30.7 Å². The van der Waals surface area contributed by atoms with Gasteiger partial charge in [0.2, 0.25) is 0 Å². The summed E-state index contributed by atoms with van der Waals surface area (Å²) >= 11 is 1.39. The normalized spacial score (nSPS) is 13.3. The highest BCUT2D eigenvalue weighted by molar-refractivity contribution is 7.13. The minimum Gasteiger partial charge on any atom is -0.347 e.